The quantitative estimate of drug-likeness (QED) is 0.634. The highest BCUT2D eigenvalue weighted by molar-refractivity contribution is 7.09. The molecule has 22 heavy (non-hydrogen) atoms. The van der Waals surface area contributed by atoms with Gasteiger partial charge in [0.25, 0.3) is 5.69 Å². The zero-order chi connectivity index (χ0) is 16.5. The summed E-state index contributed by atoms with van der Waals surface area (Å²) in [4.78, 5) is 19.3. The maximum absolute atomic E-state index is 12.5. The summed E-state index contributed by atoms with van der Waals surface area (Å²) in [6.07, 6.45) is -3.33. The Labute approximate surface area is 127 Å². The fourth-order valence-electron chi connectivity index (χ4n) is 1.73. The number of anilines is 1. The lowest BCUT2D eigenvalue weighted by atomic mass is 10.2. The van der Waals surface area contributed by atoms with E-state index in [9.17, 15) is 23.3 Å². The van der Waals surface area contributed by atoms with E-state index in [4.69, 9.17) is 0 Å². The number of alkyl halides is 3. The Hall–Kier alpha value is -2.23. The molecule has 0 amide bonds. The van der Waals surface area contributed by atoms with Crippen molar-refractivity contribution in [2.45, 2.75) is 19.6 Å². The average Bonchev–Trinajstić information content (AvgIpc) is 2.86. The Balaban J connectivity index is 2.15. The number of thiazole rings is 1. The van der Waals surface area contributed by atoms with Crippen LogP contribution in [-0.4, -0.2) is 21.9 Å². The van der Waals surface area contributed by atoms with Gasteiger partial charge in [-0.2, -0.15) is 13.2 Å². The van der Waals surface area contributed by atoms with Gasteiger partial charge in [-0.15, -0.1) is 11.3 Å². The molecule has 0 aliphatic rings. The molecule has 6 nitrogen and oxygen atoms in total. The number of hydrogen-bond donors (Lipinski definition) is 0. The van der Waals surface area contributed by atoms with E-state index in [0.29, 0.717) is 11.4 Å². The second-order valence-corrected chi connectivity index (χ2v) is 5.51. The second kappa shape index (κ2) is 5.87. The van der Waals surface area contributed by atoms with Crippen LogP contribution in [0, 0.1) is 17.0 Å². The molecule has 0 saturated heterocycles. The Morgan fingerprint density at radius 2 is 2.14 bits per heavy atom. The zero-order valence-electron chi connectivity index (χ0n) is 11.6. The lowest BCUT2D eigenvalue weighted by molar-refractivity contribution is -0.385. The fourth-order valence-corrected chi connectivity index (χ4v) is 2.58. The Morgan fingerprint density at radius 3 is 2.64 bits per heavy atom. The van der Waals surface area contributed by atoms with Crippen LogP contribution in [0.4, 0.5) is 24.7 Å². The molecule has 2 heterocycles. The average molecular weight is 332 g/mol. The van der Waals surface area contributed by atoms with E-state index >= 15 is 0 Å². The van der Waals surface area contributed by atoms with Gasteiger partial charge in [0.2, 0.25) is 0 Å². The van der Waals surface area contributed by atoms with E-state index in [-0.39, 0.29) is 17.2 Å². The highest BCUT2D eigenvalue weighted by Gasteiger charge is 2.33. The molecular formula is C12H11F3N4O2S. The van der Waals surface area contributed by atoms with Crippen molar-refractivity contribution in [3.05, 3.63) is 44.0 Å². The summed E-state index contributed by atoms with van der Waals surface area (Å²) >= 11 is 0.903. The normalized spacial score (nSPS) is 11.5. The summed E-state index contributed by atoms with van der Waals surface area (Å²) < 4.78 is 37.5. The van der Waals surface area contributed by atoms with Gasteiger partial charge in [0.1, 0.15) is 17.0 Å². The molecule has 0 saturated carbocycles. The molecule has 2 aromatic rings. The topological polar surface area (TPSA) is 72.2 Å². The van der Waals surface area contributed by atoms with Crippen LogP contribution in [0.25, 0.3) is 0 Å². The molecule has 0 N–H and O–H groups in total. The summed E-state index contributed by atoms with van der Waals surface area (Å²) in [6, 6.07) is 1.51. The number of nitrogens with zero attached hydrogens (tertiary/aromatic N) is 4. The lowest BCUT2D eigenvalue weighted by Crippen LogP contribution is -2.18. The van der Waals surface area contributed by atoms with Gasteiger partial charge in [-0.3, -0.25) is 10.1 Å². The minimum atomic E-state index is -4.46. The highest BCUT2D eigenvalue weighted by atomic mass is 32.1. The maximum atomic E-state index is 12.5. The van der Waals surface area contributed by atoms with E-state index < -0.39 is 16.8 Å². The van der Waals surface area contributed by atoms with Gasteiger partial charge in [-0.1, -0.05) is 0 Å². The number of nitro groups is 1. The van der Waals surface area contributed by atoms with Crippen molar-refractivity contribution in [1.82, 2.24) is 9.97 Å². The summed E-state index contributed by atoms with van der Waals surface area (Å²) in [5.74, 6) is 0.423. The van der Waals surface area contributed by atoms with Crippen molar-refractivity contribution >= 4 is 22.8 Å². The predicted molar refractivity (Wildman–Crippen MR) is 74.9 cm³/mol. The molecule has 0 fully saturated rings. The molecule has 0 radical (unpaired) electrons. The third kappa shape index (κ3) is 3.50. The van der Waals surface area contributed by atoms with Crippen LogP contribution in [0.15, 0.2) is 17.6 Å². The number of halogens is 3. The van der Waals surface area contributed by atoms with Crippen molar-refractivity contribution in [3.8, 4) is 0 Å². The van der Waals surface area contributed by atoms with Crippen molar-refractivity contribution in [1.29, 1.82) is 0 Å². The molecule has 0 aliphatic heterocycles. The molecule has 2 aromatic heterocycles. The van der Waals surface area contributed by atoms with Crippen molar-refractivity contribution in [2.75, 3.05) is 11.9 Å². The van der Waals surface area contributed by atoms with Crippen LogP contribution in [0.3, 0.4) is 0 Å². The Bertz CT molecular complexity index is 702. The molecule has 10 heteroatoms. The molecule has 118 valence electrons. The van der Waals surface area contributed by atoms with Crippen molar-refractivity contribution in [2.24, 2.45) is 0 Å². The first-order chi connectivity index (χ1) is 10.2. The Kier molecular flexibility index (Phi) is 4.31. The number of rotatable bonds is 4. The SMILES string of the molecule is Cc1cc(N(C)Cc2nc(C(F)(F)F)cs2)ncc1[N+](=O)[O-]. The number of aromatic nitrogens is 2. The van der Waals surface area contributed by atoms with Crippen LogP contribution in [0.1, 0.15) is 16.3 Å². The molecule has 0 unspecified atom stereocenters. The molecule has 0 aliphatic carbocycles. The smallest absolute Gasteiger partial charge is 0.353 e. The van der Waals surface area contributed by atoms with Gasteiger partial charge in [-0.05, 0) is 13.0 Å². The number of aryl methyl sites for hydroxylation is 1. The standard InChI is InChI=1S/C12H11F3N4O2S/c1-7-3-10(16-4-8(7)19(20)21)18(2)5-11-17-9(6-22-11)12(13,14)15/h3-4,6H,5H2,1-2H3. The Morgan fingerprint density at radius 1 is 1.45 bits per heavy atom. The van der Waals surface area contributed by atoms with Crippen molar-refractivity contribution in [3.63, 3.8) is 0 Å². The van der Waals surface area contributed by atoms with E-state index in [1.54, 1.807) is 18.9 Å². The van der Waals surface area contributed by atoms with E-state index in [1.165, 1.54) is 6.07 Å². The van der Waals surface area contributed by atoms with Gasteiger partial charge >= 0.3 is 6.18 Å². The molecule has 0 bridgehead atoms. The summed E-state index contributed by atoms with van der Waals surface area (Å²) in [5.41, 5.74) is -0.600. The molecular weight excluding hydrogens is 321 g/mol. The number of hydrogen-bond acceptors (Lipinski definition) is 6. The van der Waals surface area contributed by atoms with Crippen LogP contribution < -0.4 is 4.90 Å². The molecule has 0 aromatic carbocycles. The first-order valence-corrected chi connectivity index (χ1v) is 6.90. The first kappa shape index (κ1) is 16.1. The second-order valence-electron chi connectivity index (χ2n) is 4.57. The fraction of sp³-hybridized carbons (Fsp3) is 0.333. The summed E-state index contributed by atoms with van der Waals surface area (Å²) in [7, 11) is 1.63. The zero-order valence-corrected chi connectivity index (χ0v) is 12.4. The van der Waals surface area contributed by atoms with Gasteiger partial charge in [0, 0.05) is 18.0 Å². The first-order valence-electron chi connectivity index (χ1n) is 6.02. The molecule has 0 spiro atoms. The van der Waals surface area contributed by atoms with Gasteiger partial charge in [0.05, 0.1) is 11.5 Å². The van der Waals surface area contributed by atoms with Gasteiger partial charge < -0.3 is 4.90 Å². The van der Waals surface area contributed by atoms with E-state index in [0.717, 1.165) is 22.9 Å². The number of pyridine rings is 1. The van der Waals surface area contributed by atoms with Crippen molar-refractivity contribution < 1.29 is 18.1 Å². The molecule has 2 rings (SSSR count). The lowest BCUT2D eigenvalue weighted by Gasteiger charge is -2.16. The minimum Gasteiger partial charge on any atom is -0.353 e. The third-order valence-electron chi connectivity index (χ3n) is 2.87. The van der Waals surface area contributed by atoms with E-state index in [1.807, 2.05) is 0 Å². The van der Waals surface area contributed by atoms with Crippen LogP contribution in [0.2, 0.25) is 0 Å². The van der Waals surface area contributed by atoms with Crippen LogP contribution >= 0.6 is 11.3 Å². The summed E-state index contributed by atoms with van der Waals surface area (Å²) in [6.45, 7) is 1.70. The third-order valence-corrected chi connectivity index (χ3v) is 3.70. The van der Waals surface area contributed by atoms with Gasteiger partial charge in [-0.25, -0.2) is 9.97 Å². The van der Waals surface area contributed by atoms with Gasteiger partial charge in [0.15, 0.2) is 5.69 Å². The molecule has 0 atom stereocenters. The van der Waals surface area contributed by atoms with Crippen LogP contribution in [0.5, 0.6) is 0 Å². The van der Waals surface area contributed by atoms with E-state index in [2.05, 4.69) is 9.97 Å². The highest BCUT2D eigenvalue weighted by Crippen LogP contribution is 2.30. The largest absolute Gasteiger partial charge is 0.434 e. The summed E-state index contributed by atoms with van der Waals surface area (Å²) in [5, 5.41) is 12.0. The van der Waals surface area contributed by atoms with Crippen LogP contribution in [-0.2, 0) is 12.7 Å². The minimum absolute atomic E-state index is 0.106. The maximum Gasteiger partial charge on any atom is 0.434 e. The monoisotopic (exact) mass is 332 g/mol. The predicted octanol–water partition coefficient (Wildman–Crippen LogP) is 3.41.